The molecule has 1 atom stereocenters. The van der Waals surface area contributed by atoms with Gasteiger partial charge >= 0.3 is 0 Å². The molecule has 0 saturated carbocycles. The van der Waals surface area contributed by atoms with Gasteiger partial charge in [0.2, 0.25) is 0 Å². The Hall–Kier alpha value is -1.26. The van der Waals surface area contributed by atoms with Crippen molar-refractivity contribution in [3.63, 3.8) is 0 Å². The van der Waals surface area contributed by atoms with Gasteiger partial charge in [-0.15, -0.1) is 0 Å². The average Bonchev–Trinajstić information content (AvgIpc) is 2.47. The number of unbranched alkanes of at least 4 members (excludes halogenated alkanes) is 2. The number of methoxy groups -OCH3 is 1. The van der Waals surface area contributed by atoms with Crippen molar-refractivity contribution in [2.24, 2.45) is 5.92 Å². The van der Waals surface area contributed by atoms with Crippen molar-refractivity contribution in [2.75, 3.05) is 7.11 Å². The zero-order valence-corrected chi connectivity index (χ0v) is 13.4. The summed E-state index contributed by atoms with van der Waals surface area (Å²) in [4.78, 5) is 0. The molecule has 1 aliphatic rings. The molecule has 0 bridgehead atoms. The van der Waals surface area contributed by atoms with Crippen molar-refractivity contribution in [1.82, 2.24) is 0 Å². The Labute approximate surface area is 124 Å². The van der Waals surface area contributed by atoms with Crippen LogP contribution < -0.4 is 0 Å². The van der Waals surface area contributed by atoms with Gasteiger partial charge in [0.1, 0.15) is 0 Å². The van der Waals surface area contributed by atoms with Crippen LogP contribution in [-0.4, -0.2) is 12.7 Å². The van der Waals surface area contributed by atoms with Crippen molar-refractivity contribution >= 4 is 0 Å². The second-order valence-electron chi connectivity index (χ2n) is 5.88. The Bertz CT molecular complexity index is 438. The lowest BCUT2D eigenvalue weighted by atomic mass is 9.81. The highest BCUT2D eigenvalue weighted by Gasteiger charge is 2.29. The van der Waals surface area contributed by atoms with E-state index in [0.717, 1.165) is 6.42 Å². The molecule has 0 fully saturated rings. The Morgan fingerprint density at radius 2 is 2.15 bits per heavy atom. The van der Waals surface area contributed by atoms with Crippen molar-refractivity contribution < 1.29 is 4.74 Å². The molecule has 0 aromatic carbocycles. The van der Waals surface area contributed by atoms with Gasteiger partial charge in [0.25, 0.3) is 0 Å². The molecule has 0 amide bonds. The van der Waals surface area contributed by atoms with Gasteiger partial charge < -0.3 is 4.74 Å². The van der Waals surface area contributed by atoms with E-state index in [1.165, 1.54) is 31.3 Å². The van der Waals surface area contributed by atoms with E-state index in [9.17, 15) is 0 Å². The molecule has 0 radical (unpaired) electrons. The summed E-state index contributed by atoms with van der Waals surface area (Å²) in [6.45, 7) is 6.46. The topological polar surface area (TPSA) is 9.23 Å². The molecule has 0 aromatic rings. The highest BCUT2D eigenvalue weighted by Crippen LogP contribution is 2.31. The molecule has 0 aromatic heterocycles. The Morgan fingerprint density at radius 3 is 2.75 bits per heavy atom. The molecular formula is C19H28O. The third-order valence-electron chi connectivity index (χ3n) is 4.09. The van der Waals surface area contributed by atoms with Crippen LogP contribution in [0.3, 0.4) is 0 Å². The Balaban J connectivity index is 2.59. The van der Waals surface area contributed by atoms with Gasteiger partial charge in [-0.05, 0) is 64.5 Å². The molecule has 20 heavy (non-hydrogen) atoms. The maximum atomic E-state index is 5.71. The van der Waals surface area contributed by atoms with Crippen molar-refractivity contribution in [3.8, 4) is 0 Å². The maximum absolute atomic E-state index is 5.71. The fraction of sp³-hybridized carbons (Fsp3) is 0.579. The smallest absolute Gasteiger partial charge is 0.0654 e. The van der Waals surface area contributed by atoms with Crippen LogP contribution in [0.1, 0.15) is 52.9 Å². The minimum absolute atomic E-state index is 0.0930. The van der Waals surface area contributed by atoms with Crippen LogP contribution in [0.2, 0.25) is 0 Å². The van der Waals surface area contributed by atoms with Crippen LogP contribution in [0, 0.1) is 5.92 Å². The van der Waals surface area contributed by atoms with E-state index in [0.29, 0.717) is 5.92 Å². The second-order valence-corrected chi connectivity index (χ2v) is 5.88. The predicted molar refractivity (Wildman–Crippen MR) is 86.7 cm³/mol. The van der Waals surface area contributed by atoms with Crippen LogP contribution in [-0.2, 0) is 4.74 Å². The summed E-state index contributed by atoms with van der Waals surface area (Å²) in [5, 5.41) is 0. The summed E-state index contributed by atoms with van der Waals surface area (Å²) in [6, 6.07) is 0. The average molecular weight is 272 g/mol. The third-order valence-corrected chi connectivity index (χ3v) is 4.09. The van der Waals surface area contributed by atoms with Gasteiger partial charge in [-0.2, -0.15) is 0 Å². The summed E-state index contributed by atoms with van der Waals surface area (Å²) in [5.41, 5.74) is 7.40. The zero-order chi connectivity index (χ0) is 14.8. The number of ether oxygens (including phenoxy) is 1. The van der Waals surface area contributed by atoms with E-state index in [2.05, 4.69) is 50.5 Å². The first kappa shape index (κ1) is 16.8. The molecule has 0 N–H and O–H groups in total. The maximum Gasteiger partial charge on any atom is 0.0654 e. The van der Waals surface area contributed by atoms with Crippen molar-refractivity contribution in [2.45, 2.75) is 58.5 Å². The van der Waals surface area contributed by atoms with Crippen LogP contribution in [0.5, 0.6) is 0 Å². The predicted octanol–water partition coefficient (Wildman–Crippen LogP) is 5.36. The number of rotatable bonds is 9. The van der Waals surface area contributed by atoms with Gasteiger partial charge in [-0.1, -0.05) is 36.1 Å². The first-order valence-electron chi connectivity index (χ1n) is 7.63. The van der Waals surface area contributed by atoms with Gasteiger partial charge in [0, 0.05) is 12.7 Å². The Morgan fingerprint density at radius 1 is 1.35 bits per heavy atom. The lowest BCUT2D eigenvalue weighted by Crippen LogP contribution is -2.33. The molecule has 0 spiro atoms. The number of hydrogen-bond acceptors (Lipinski definition) is 1. The van der Waals surface area contributed by atoms with E-state index in [4.69, 9.17) is 4.74 Å². The standard InChI is InChI=1S/C19H28O/c1-5-6-7-8-12-15-18(19(2,3)20-4)16-17-13-10-9-11-14-17/h5-6,9-10,13,18H,7-8,12,15-16H2,1-4H3/b6-5-. The summed E-state index contributed by atoms with van der Waals surface area (Å²) in [5.74, 6) is 0.519. The van der Waals surface area contributed by atoms with E-state index < -0.39 is 0 Å². The van der Waals surface area contributed by atoms with Gasteiger partial charge in [-0.3, -0.25) is 0 Å². The fourth-order valence-electron chi connectivity index (χ4n) is 2.45. The van der Waals surface area contributed by atoms with E-state index >= 15 is 0 Å². The monoisotopic (exact) mass is 272 g/mol. The summed E-state index contributed by atoms with van der Waals surface area (Å²) in [7, 11) is 1.81. The van der Waals surface area contributed by atoms with Crippen molar-refractivity contribution in [1.29, 1.82) is 0 Å². The second kappa shape index (κ2) is 8.82. The van der Waals surface area contributed by atoms with E-state index in [1.54, 1.807) is 0 Å². The quantitative estimate of drug-likeness (QED) is 0.312. The minimum atomic E-state index is -0.0930. The molecule has 1 aliphatic carbocycles. The first-order valence-corrected chi connectivity index (χ1v) is 7.63. The highest BCUT2D eigenvalue weighted by atomic mass is 16.5. The molecule has 1 rings (SSSR count). The SMILES string of the molecule is C/C=C\CCCCC(CC1=C=C=CC=C1)C(C)(C)OC. The lowest BCUT2D eigenvalue weighted by molar-refractivity contribution is -0.0311. The summed E-state index contributed by atoms with van der Waals surface area (Å²) in [6.07, 6.45) is 16.3. The van der Waals surface area contributed by atoms with Gasteiger partial charge in [0.05, 0.1) is 5.60 Å². The molecule has 1 nitrogen and oxygen atoms in total. The molecule has 1 unspecified atom stereocenters. The third kappa shape index (κ3) is 5.80. The summed E-state index contributed by atoms with van der Waals surface area (Å²) < 4.78 is 5.71. The number of hydrogen-bond donors (Lipinski definition) is 0. The molecule has 0 heterocycles. The van der Waals surface area contributed by atoms with Gasteiger partial charge in [0.15, 0.2) is 0 Å². The largest absolute Gasteiger partial charge is 0.379 e. The van der Waals surface area contributed by atoms with Gasteiger partial charge in [-0.25, -0.2) is 0 Å². The van der Waals surface area contributed by atoms with Crippen molar-refractivity contribution in [3.05, 3.63) is 47.4 Å². The van der Waals surface area contributed by atoms with Crippen LogP contribution in [0.4, 0.5) is 0 Å². The first-order chi connectivity index (χ1) is 9.60. The Kier molecular flexibility index (Phi) is 7.41. The lowest BCUT2D eigenvalue weighted by Gasteiger charge is -2.33. The summed E-state index contributed by atoms with van der Waals surface area (Å²) >= 11 is 0. The normalized spacial score (nSPS) is 15.9. The van der Waals surface area contributed by atoms with E-state index in [-0.39, 0.29) is 5.60 Å². The highest BCUT2D eigenvalue weighted by molar-refractivity contribution is 5.26. The molecule has 0 aliphatic heterocycles. The molecule has 1 heteroatoms. The molecular weight excluding hydrogens is 244 g/mol. The molecule has 0 saturated heterocycles. The van der Waals surface area contributed by atoms with Crippen LogP contribution in [0.15, 0.2) is 47.4 Å². The zero-order valence-electron chi connectivity index (χ0n) is 13.4. The van der Waals surface area contributed by atoms with E-state index in [1.807, 2.05) is 19.3 Å². The van der Waals surface area contributed by atoms with Crippen LogP contribution in [0.25, 0.3) is 0 Å². The molecule has 110 valence electrons. The van der Waals surface area contributed by atoms with Crippen LogP contribution >= 0.6 is 0 Å². The fourth-order valence-corrected chi connectivity index (χ4v) is 2.45. The number of allylic oxidation sites excluding steroid dienone is 6. The minimum Gasteiger partial charge on any atom is -0.379 e.